The lowest BCUT2D eigenvalue weighted by atomic mass is 9.95. The van der Waals surface area contributed by atoms with Crippen molar-refractivity contribution in [3.05, 3.63) is 116 Å². The highest BCUT2D eigenvalue weighted by Gasteiger charge is 2.36. The number of nitrogens with zero attached hydrogens (tertiary/aromatic N) is 3. The van der Waals surface area contributed by atoms with Gasteiger partial charge in [-0.05, 0) is 69.9 Å². The first-order valence-corrected chi connectivity index (χ1v) is 15.7. The topological polar surface area (TPSA) is 87.5 Å². The van der Waals surface area contributed by atoms with E-state index in [0.29, 0.717) is 66.3 Å². The average molecular weight is 702 g/mol. The van der Waals surface area contributed by atoms with Crippen LogP contribution in [-0.2, 0) is 21.9 Å². The SMILES string of the molecule is C=CCOC(=O)C1=C(C)Nc2nc(SCc3ccccc3Cl)nn2C1c1cc(Br)c(OCc2ccc(Cl)cc2)c(OC)c1. The van der Waals surface area contributed by atoms with Crippen molar-refractivity contribution >= 4 is 62.8 Å². The number of hydrogen-bond donors (Lipinski definition) is 1. The number of nitrogens with one attached hydrogen (secondary N) is 1. The van der Waals surface area contributed by atoms with E-state index in [9.17, 15) is 4.79 Å². The van der Waals surface area contributed by atoms with Crippen LogP contribution in [0.25, 0.3) is 0 Å². The number of allylic oxidation sites excluding steroid dienone is 1. The quantitative estimate of drug-likeness (QED) is 0.0951. The van der Waals surface area contributed by atoms with E-state index >= 15 is 0 Å². The Kier molecular flexibility index (Phi) is 10.0. The molecule has 0 amide bonds. The minimum absolute atomic E-state index is 0.0655. The van der Waals surface area contributed by atoms with E-state index in [1.54, 1.807) is 11.8 Å². The molecule has 0 spiro atoms. The van der Waals surface area contributed by atoms with E-state index in [4.69, 9.17) is 47.5 Å². The van der Waals surface area contributed by atoms with Crippen molar-refractivity contribution < 1.29 is 19.0 Å². The molecule has 0 radical (unpaired) electrons. The van der Waals surface area contributed by atoms with Crippen molar-refractivity contribution in [3.8, 4) is 11.5 Å². The van der Waals surface area contributed by atoms with Crippen molar-refractivity contribution in [1.29, 1.82) is 0 Å². The van der Waals surface area contributed by atoms with E-state index in [1.807, 2.05) is 67.6 Å². The lowest BCUT2D eigenvalue weighted by Gasteiger charge is -2.28. The fraction of sp³-hybridized carbons (Fsp3) is 0.194. The Labute approximate surface area is 272 Å². The molecule has 1 aromatic heterocycles. The number of aromatic nitrogens is 3. The molecule has 1 aliphatic heterocycles. The Hall–Kier alpha value is -3.44. The number of carbonyl (C=O) groups excluding carboxylic acids is 1. The maximum Gasteiger partial charge on any atom is 0.338 e. The highest BCUT2D eigenvalue weighted by Crippen LogP contribution is 2.43. The summed E-state index contributed by atoms with van der Waals surface area (Å²) in [5.74, 6) is 1.56. The van der Waals surface area contributed by atoms with Gasteiger partial charge in [0, 0.05) is 21.5 Å². The molecule has 1 atom stereocenters. The van der Waals surface area contributed by atoms with Crippen molar-refractivity contribution in [1.82, 2.24) is 14.8 Å². The molecule has 8 nitrogen and oxygen atoms in total. The fourth-order valence-corrected chi connectivity index (χ4v) is 6.32. The molecule has 0 saturated heterocycles. The van der Waals surface area contributed by atoms with Crippen LogP contribution in [0.2, 0.25) is 10.0 Å². The normalized spacial score (nSPS) is 14.1. The van der Waals surface area contributed by atoms with Crippen molar-refractivity contribution in [3.63, 3.8) is 0 Å². The molecule has 1 N–H and O–H groups in total. The summed E-state index contributed by atoms with van der Waals surface area (Å²) in [6.07, 6.45) is 1.52. The third-order valence-corrected chi connectivity index (χ3v) is 8.66. The first-order chi connectivity index (χ1) is 20.8. The van der Waals surface area contributed by atoms with Crippen LogP contribution in [0.4, 0.5) is 5.95 Å². The highest BCUT2D eigenvalue weighted by molar-refractivity contribution is 9.10. The predicted octanol–water partition coefficient (Wildman–Crippen LogP) is 8.25. The Morgan fingerprint density at radius 3 is 2.67 bits per heavy atom. The molecule has 0 fully saturated rings. The minimum Gasteiger partial charge on any atom is -0.493 e. The van der Waals surface area contributed by atoms with Crippen LogP contribution >= 0.6 is 50.9 Å². The number of esters is 1. The maximum atomic E-state index is 13.4. The van der Waals surface area contributed by atoms with Crippen molar-refractivity contribution in [2.75, 3.05) is 19.0 Å². The van der Waals surface area contributed by atoms with E-state index in [1.165, 1.54) is 17.8 Å². The van der Waals surface area contributed by atoms with Gasteiger partial charge in [-0.25, -0.2) is 9.48 Å². The summed E-state index contributed by atoms with van der Waals surface area (Å²) >= 11 is 17.5. The monoisotopic (exact) mass is 700 g/mol. The summed E-state index contributed by atoms with van der Waals surface area (Å²) in [6, 6.07) is 18.1. The lowest BCUT2D eigenvalue weighted by Crippen LogP contribution is -2.29. The molecule has 3 aromatic carbocycles. The van der Waals surface area contributed by atoms with Crippen LogP contribution in [0, 0.1) is 0 Å². The number of ether oxygens (including phenoxy) is 3. The standard InChI is InChI=1S/C31H27BrCl2N4O4S/c1-4-13-41-29(39)26-18(2)35-30-36-31(43-17-20-7-5-6-8-24(20)34)37-38(30)27(26)21-14-23(32)28(25(15-21)40-3)42-16-19-9-11-22(33)12-10-19/h4-12,14-15,27H,1,13,16-17H2,2-3H3,(H,35,36,37). The van der Waals surface area contributed by atoms with E-state index in [2.05, 4.69) is 27.8 Å². The number of rotatable bonds is 11. The summed E-state index contributed by atoms with van der Waals surface area (Å²) in [5, 5.41) is 9.86. The van der Waals surface area contributed by atoms with Gasteiger partial charge in [-0.15, -0.1) is 5.10 Å². The summed E-state index contributed by atoms with van der Waals surface area (Å²) < 4.78 is 19.7. The number of thioether (sulfide) groups is 1. The molecule has 43 heavy (non-hydrogen) atoms. The van der Waals surface area contributed by atoms with Crippen LogP contribution in [0.5, 0.6) is 11.5 Å². The number of methoxy groups -OCH3 is 1. The molecule has 0 bridgehead atoms. The van der Waals surface area contributed by atoms with Crippen LogP contribution in [-0.4, -0.2) is 34.5 Å². The second kappa shape index (κ2) is 13.9. The van der Waals surface area contributed by atoms with Gasteiger partial charge in [0.25, 0.3) is 0 Å². The third-order valence-electron chi connectivity index (χ3n) is 6.56. The second-order valence-electron chi connectivity index (χ2n) is 9.45. The average Bonchev–Trinajstić information content (AvgIpc) is 3.40. The molecular weight excluding hydrogens is 675 g/mol. The number of anilines is 1. The largest absolute Gasteiger partial charge is 0.493 e. The zero-order chi connectivity index (χ0) is 30.5. The van der Waals surface area contributed by atoms with Gasteiger partial charge in [-0.2, -0.15) is 4.98 Å². The molecule has 12 heteroatoms. The van der Waals surface area contributed by atoms with Crippen LogP contribution in [0.3, 0.4) is 0 Å². The predicted molar refractivity (Wildman–Crippen MR) is 173 cm³/mol. The smallest absolute Gasteiger partial charge is 0.338 e. The summed E-state index contributed by atoms with van der Waals surface area (Å²) in [5.41, 5.74) is 3.60. The Morgan fingerprint density at radius 2 is 1.95 bits per heavy atom. The fourth-order valence-electron chi connectivity index (χ4n) is 4.51. The van der Waals surface area contributed by atoms with Gasteiger partial charge in [0.15, 0.2) is 11.5 Å². The van der Waals surface area contributed by atoms with Crippen molar-refractivity contribution in [2.24, 2.45) is 0 Å². The highest BCUT2D eigenvalue weighted by atomic mass is 79.9. The van der Waals surface area contributed by atoms with Crippen LogP contribution in [0.1, 0.15) is 29.7 Å². The molecule has 1 unspecified atom stereocenters. The number of carbonyl (C=O) groups is 1. The molecule has 4 aromatic rings. The molecular formula is C31H27BrCl2N4O4S. The summed E-state index contributed by atoms with van der Waals surface area (Å²) in [6.45, 7) is 5.84. The Bertz CT molecular complexity index is 1690. The van der Waals surface area contributed by atoms with Gasteiger partial charge < -0.3 is 19.5 Å². The first kappa shape index (κ1) is 31.0. The van der Waals surface area contributed by atoms with Crippen LogP contribution < -0.4 is 14.8 Å². The first-order valence-electron chi connectivity index (χ1n) is 13.1. The van der Waals surface area contributed by atoms with E-state index in [0.717, 1.165) is 11.1 Å². The number of benzene rings is 3. The van der Waals surface area contributed by atoms with Gasteiger partial charge in [0.05, 0.1) is 17.2 Å². The summed E-state index contributed by atoms with van der Waals surface area (Å²) in [7, 11) is 1.56. The van der Waals surface area contributed by atoms with Gasteiger partial charge in [-0.3, -0.25) is 0 Å². The molecule has 222 valence electrons. The molecule has 1 aliphatic rings. The molecule has 5 rings (SSSR count). The Balaban J connectivity index is 1.51. The molecule has 0 aliphatic carbocycles. The maximum absolute atomic E-state index is 13.4. The van der Waals surface area contributed by atoms with Gasteiger partial charge in [0.2, 0.25) is 11.1 Å². The third kappa shape index (κ3) is 7.04. The zero-order valence-corrected chi connectivity index (χ0v) is 27.2. The van der Waals surface area contributed by atoms with E-state index < -0.39 is 12.0 Å². The van der Waals surface area contributed by atoms with Gasteiger partial charge >= 0.3 is 5.97 Å². The van der Waals surface area contributed by atoms with E-state index in [-0.39, 0.29) is 6.61 Å². The zero-order valence-electron chi connectivity index (χ0n) is 23.3. The minimum atomic E-state index is -0.675. The summed E-state index contributed by atoms with van der Waals surface area (Å²) in [4.78, 5) is 18.1. The van der Waals surface area contributed by atoms with Crippen LogP contribution in [0.15, 0.2) is 94.2 Å². The van der Waals surface area contributed by atoms with Gasteiger partial charge in [-0.1, -0.05) is 78.0 Å². The Morgan fingerprint density at radius 1 is 1.19 bits per heavy atom. The second-order valence-corrected chi connectivity index (χ2v) is 12.1. The lowest BCUT2D eigenvalue weighted by molar-refractivity contribution is -0.138. The number of halogens is 3. The number of hydrogen-bond acceptors (Lipinski definition) is 8. The number of fused-ring (bicyclic) bond motifs is 1. The molecule has 0 saturated carbocycles. The molecule has 2 heterocycles. The van der Waals surface area contributed by atoms with Crippen molar-refractivity contribution in [2.45, 2.75) is 30.5 Å². The van der Waals surface area contributed by atoms with Gasteiger partial charge in [0.1, 0.15) is 19.3 Å².